The molecule has 132 valence electrons. The van der Waals surface area contributed by atoms with E-state index in [2.05, 4.69) is 71.8 Å². The van der Waals surface area contributed by atoms with Gasteiger partial charge in [-0.1, -0.05) is 54.7 Å². The van der Waals surface area contributed by atoms with E-state index < -0.39 is 0 Å². The van der Waals surface area contributed by atoms with Crippen molar-refractivity contribution in [2.45, 2.75) is 16.7 Å². The standard InChI is InChI=1S/C21H26N2OS/c1-17-7-3-5-9-20(17)25-21-10-6-4-8-19(21)18(2)23-13-11-22(12-14-23)15-16-24/h3-10,24H,2,11-16H2,1H3. The molecule has 0 spiro atoms. The summed E-state index contributed by atoms with van der Waals surface area (Å²) >= 11 is 1.81. The van der Waals surface area contributed by atoms with Crippen LogP contribution < -0.4 is 0 Å². The highest BCUT2D eigenvalue weighted by Gasteiger charge is 2.19. The van der Waals surface area contributed by atoms with Gasteiger partial charge in [-0.15, -0.1) is 0 Å². The molecule has 1 aliphatic rings. The summed E-state index contributed by atoms with van der Waals surface area (Å²) in [6.07, 6.45) is 0. The summed E-state index contributed by atoms with van der Waals surface area (Å²) in [7, 11) is 0. The van der Waals surface area contributed by atoms with Gasteiger partial charge in [0.1, 0.15) is 0 Å². The van der Waals surface area contributed by atoms with Crippen molar-refractivity contribution in [1.29, 1.82) is 0 Å². The second-order valence-electron chi connectivity index (χ2n) is 6.36. The second kappa shape index (κ2) is 8.56. The Labute approximate surface area is 155 Å². The Balaban J connectivity index is 1.74. The number of nitrogens with zero attached hydrogens (tertiary/aromatic N) is 2. The second-order valence-corrected chi connectivity index (χ2v) is 7.45. The van der Waals surface area contributed by atoms with Crippen molar-refractivity contribution in [3.05, 3.63) is 66.2 Å². The van der Waals surface area contributed by atoms with Gasteiger partial charge in [0.25, 0.3) is 0 Å². The fraction of sp³-hybridized carbons (Fsp3) is 0.333. The zero-order chi connectivity index (χ0) is 17.6. The molecule has 0 saturated carbocycles. The number of benzene rings is 2. The van der Waals surface area contributed by atoms with Crippen molar-refractivity contribution >= 4 is 17.5 Å². The molecule has 4 heteroatoms. The van der Waals surface area contributed by atoms with Gasteiger partial charge in [-0.2, -0.15) is 0 Å². The highest BCUT2D eigenvalue weighted by molar-refractivity contribution is 7.99. The Bertz CT molecular complexity index is 723. The maximum Gasteiger partial charge on any atom is 0.0558 e. The Morgan fingerprint density at radius 2 is 1.64 bits per heavy atom. The first-order valence-corrected chi connectivity index (χ1v) is 9.60. The number of β-amino-alcohol motifs (C(OH)–C–C–N with tert-alkyl or cyclic N) is 1. The van der Waals surface area contributed by atoms with Crippen LogP contribution in [0.15, 0.2) is 64.9 Å². The van der Waals surface area contributed by atoms with E-state index in [0.29, 0.717) is 0 Å². The van der Waals surface area contributed by atoms with Crippen LogP contribution in [0.3, 0.4) is 0 Å². The minimum absolute atomic E-state index is 0.233. The highest BCUT2D eigenvalue weighted by Crippen LogP contribution is 2.35. The van der Waals surface area contributed by atoms with E-state index in [9.17, 15) is 0 Å². The SMILES string of the molecule is C=C(c1ccccc1Sc1ccccc1C)N1CCN(CCO)CC1. The first kappa shape index (κ1) is 18.1. The van der Waals surface area contributed by atoms with Crippen LogP contribution in [0.25, 0.3) is 5.70 Å². The molecule has 0 radical (unpaired) electrons. The number of rotatable bonds is 6. The molecular formula is C21H26N2OS. The van der Waals surface area contributed by atoms with E-state index in [1.54, 1.807) is 0 Å². The van der Waals surface area contributed by atoms with E-state index in [1.165, 1.54) is 20.9 Å². The van der Waals surface area contributed by atoms with Crippen molar-refractivity contribution in [2.75, 3.05) is 39.3 Å². The van der Waals surface area contributed by atoms with Gasteiger partial charge in [-0.05, 0) is 24.6 Å². The lowest BCUT2D eigenvalue weighted by Crippen LogP contribution is -2.46. The van der Waals surface area contributed by atoms with Crippen LogP contribution in [0, 0.1) is 6.92 Å². The molecule has 0 amide bonds. The predicted molar refractivity (Wildman–Crippen MR) is 106 cm³/mol. The van der Waals surface area contributed by atoms with E-state index in [0.717, 1.165) is 38.4 Å². The van der Waals surface area contributed by atoms with Gasteiger partial charge in [-0.25, -0.2) is 0 Å². The van der Waals surface area contributed by atoms with Gasteiger partial charge in [0.05, 0.1) is 6.61 Å². The van der Waals surface area contributed by atoms with Crippen molar-refractivity contribution < 1.29 is 5.11 Å². The first-order valence-electron chi connectivity index (χ1n) is 8.79. The van der Waals surface area contributed by atoms with Crippen molar-refractivity contribution in [3.63, 3.8) is 0 Å². The molecule has 25 heavy (non-hydrogen) atoms. The molecule has 0 unspecified atom stereocenters. The quantitative estimate of drug-likeness (QED) is 0.855. The molecule has 0 atom stereocenters. The molecule has 2 aromatic carbocycles. The number of hydrogen-bond donors (Lipinski definition) is 1. The normalized spacial score (nSPS) is 15.4. The van der Waals surface area contributed by atoms with E-state index in [1.807, 2.05) is 11.8 Å². The summed E-state index contributed by atoms with van der Waals surface area (Å²) in [6.45, 7) is 11.4. The van der Waals surface area contributed by atoms with E-state index in [4.69, 9.17) is 5.11 Å². The third-order valence-corrected chi connectivity index (χ3v) is 5.94. The van der Waals surface area contributed by atoms with E-state index >= 15 is 0 Å². The number of hydrogen-bond acceptors (Lipinski definition) is 4. The number of aliphatic hydroxyl groups is 1. The zero-order valence-corrected chi connectivity index (χ0v) is 15.6. The molecule has 0 aliphatic carbocycles. The molecule has 1 N–H and O–H groups in total. The Morgan fingerprint density at radius 1 is 1.00 bits per heavy atom. The molecule has 1 aliphatic heterocycles. The van der Waals surface area contributed by atoms with Crippen LogP contribution in [0.4, 0.5) is 0 Å². The van der Waals surface area contributed by atoms with Gasteiger partial charge in [0.15, 0.2) is 0 Å². The maximum atomic E-state index is 9.09. The Morgan fingerprint density at radius 3 is 2.32 bits per heavy atom. The fourth-order valence-corrected chi connectivity index (χ4v) is 4.19. The molecule has 1 saturated heterocycles. The Kier molecular flexibility index (Phi) is 6.19. The van der Waals surface area contributed by atoms with Crippen LogP contribution in [0.5, 0.6) is 0 Å². The Hall–Kier alpha value is -1.75. The topological polar surface area (TPSA) is 26.7 Å². The molecule has 3 rings (SSSR count). The summed E-state index contributed by atoms with van der Waals surface area (Å²) in [5.74, 6) is 0. The number of piperazine rings is 1. The molecule has 3 nitrogen and oxygen atoms in total. The van der Waals surface area contributed by atoms with Crippen LogP contribution in [0.1, 0.15) is 11.1 Å². The third kappa shape index (κ3) is 4.46. The van der Waals surface area contributed by atoms with Gasteiger partial charge in [0.2, 0.25) is 0 Å². The molecule has 0 aromatic heterocycles. The van der Waals surface area contributed by atoms with Crippen molar-refractivity contribution in [2.24, 2.45) is 0 Å². The fourth-order valence-electron chi connectivity index (χ4n) is 3.14. The summed E-state index contributed by atoms with van der Waals surface area (Å²) in [4.78, 5) is 7.21. The average molecular weight is 355 g/mol. The lowest BCUT2D eigenvalue weighted by atomic mass is 10.1. The predicted octanol–water partition coefficient (Wildman–Crippen LogP) is 3.73. The molecule has 2 aromatic rings. The third-order valence-electron chi connectivity index (χ3n) is 4.68. The lowest BCUT2D eigenvalue weighted by Gasteiger charge is -2.37. The largest absolute Gasteiger partial charge is 0.395 e. The lowest BCUT2D eigenvalue weighted by molar-refractivity contribution is 0.143. The summed E-state index contributed by atoms with van der Waals surface area (Å²) in [5.41, 5.74) is 3.61. The van der Waals surface area contributed by atoms with E-state index in [-0.39, 0.29) is 6.61 Å². The van der Waals surface area contributed by atoms with Gasteiger partial charge < -0.3 is 10.0 Å². The average Bonchev–Trinajstić information content (AvgIpc) is 2.64. The highest BCUT2D eigenvalue weighted by atomic mass is 32.2. The minimum atomic E-state index is 0.233. The van der Waals surface area contributed by atoms with Crippen LogP contribution >= 0.6 is 11.8 Å². The monoisotopic (exact) mass is 354 g/mol. The van der Waals surface area contributed by atoms with Gasteiger partial charge in [-0.3, -0.25) is 4.90 Å². The number of aryl methyl sites for hydroxylation is 1. The van der Waals surface area contributed by atoms with Gasteiger partial charge >= 0.3 is 0 Å². The molecule has 1 fully saturated rings. The van der Waals surface area contributed by atoms with Crippen molar-refractivity contribution in [3.8, 4) is 0 Å². The van der Waals surface area contributed by atoms with Crippen molar-refractivity contribution in [1.82, 2.24) is 9.80 Å². The van der Waals surface area contributed by atoms with Crippen LogP contribution in [-0.4, -0.2) is 54.2 Å². The smallest absolute Gasteiger partial charge is 0.0558 e. The first-order chi connectivity index (χ1) is 12.2. The molecular weight excluding hydrogens is 328 g/mol. The number of aliphatic hydroxyl groups excluding tert-OH is 1. The van der Waals surface area contributed by atoms with Crippen LogP contribution in [-0.2, 0) is 0 Å². The molecule has 1 heterocycles. The summed E-state index contributed by atoms with van der Waals surface area (Å²) in [5, 5.41) is 9.09. The zero-order valence-electron chi connectivity index (χ0n) is 14.8. The van der Waals surface area contributed by atoms with Gasteiger partial charge in [0, 0.05) is 53.8 Å². The van der Waals surface area contributed by atoms with Crippen LogP contribution in [0.2, 0.25) is 0 Å². The molecule has 0 bridgehead atoms. The summed E-state index contributed by atoms with van der Waals surface area (Å²) in [6, 6.07) is 17.0. The minimum Gasteiger partial charge on any atom is -0.395 e. The maximum absolute atomic E-state index is 9.09. The summed E-state index contributed by atoms with van der Waals surface area (Å²) < 4.78 is 0.